The second kappa shape index (κ2) is 7.43. The zero-order chi connectivity index (χ0) is 15.2. The number of ether oxygens (including phenoxy) is 1. The van der Waals surface area contributed by atoms with Crippen molar-refractivity contribution in [2.45, 2.75) is 19.4 Å². The maximum Gasteiger partial charge on any atom is 0.127 e. The van der Waals surface area contributed by atoms with Gasteiger partial charge in [-0.1, -0.05) is 42.8 Å². The molecule has 2 nitrogen and oxygen atoms in total. The van der Waals surface area contributed by atoms with Crippen LogP contribution in [0.25, 0.3) is 0 Å². The van der Waals surface area contributed by atoms with Crippen molar-refractivity contribution in [3.05, 3.63) is 64.4 Å². The highest BCUT2D eigenvalue weighted by molar-refractivity contribution is 6.30. The predicted molar refractivity (Wildman–Crippen MR) is 84.5 cm³/mol. The van der Waals surface area contributed by atoms with Gasteiger partial charge in [0.2, 0.25) is 0 Å². The SMILES string of the molecule is CCNC(Cc1ccc(Cl)cc1F)c1ccccc1OC. The summed E-state index contributed by atoms with van der Waals surface area (Å²) in [4.78, 5) is 0. The molecule has 0 saturated carbocycles. The number of benzene rings is 2. The Labute approximate surface area is 129 Å². The van der Waals surface area contributed by atoms with Crippen molar-refractivity contribution in [3.63, 3.8) is 0 Å². The van der Waals surface area contributed by atoms with Crippen LogP contribution in [0.1, 0.15) is 24.1 Å². The topological polar surface area (TPSA) is 21.3 Å². The molecule has 0 spiro atoms. The lowest BCUT2D eigenvalue weighted by Crippen LogP contribution is -2.23. The number of likely N-dealkylation sites (N-methyl/N-ethyl adjacent to an activating group) is 1. The van der Waals surface area contributed by atoms with E-state index >= 15 is 0 Å². The van der Waals surface area contributed by atoms with Gasteiger partial charge in [0.25, 0.3) is 0 Å². The molecule has 2 aromatic rings. The molecular formula is C17H19ClFNO. The molecule has 0 fully saturated rings. The summed E-state index contributed by atoms with van der Waals surface area (Å²) in [6, 6.07) is 12.6. The first-order valence-corrected chi connectivity index (χ1v) is 7.33. The quantitative estimate of drug-likeness (QED) is 0.855. The number of para-hydroxylation sites is 1. The van der Waals surface area contributed by atoms with E-state index in [4.69, 9.17) is 16.3 Å². The summed E-state index contributed by atoms with van der Waals surface area (Å²) < 4.78 is 19.4. The zero-order valence-corrected chi connectivity index (χ0v) is 13.0. The smallest absolute Gasteiger partial charge is 0.127 e. The molecule has 1 N–H and O–H groups in total. The van der Waals surface area contributed by atoms with Crippen molar-refractivity contribution in [2.24, 2.45) is 0 Å². The van der Waals surface area contributed by atoms with Gasteiger partial charge in [0.15, 0.2) is 0 Å². The van der Waals surface area contributed by atoms with Gasteiger partial charge in [-0.05, 0) is 36.7 Å². The molecule has 0 aliphatic rings. The minimum Gasteiger partial charge on any atom is -0.496 e. The lowest BCUT2D eigenvalue weighted by atomic mass is 9.97. The summed E-state index contributed by atoms with van der Waals surface area (Å²) >= 11 is 5.80. The molecule has 4 heteroatoms. The van der Waals surface area contributed by atoms with E-state index < -0.39 is 0 Å². The fourth-order valence-electron chi connectivity index (χ4n) is 2.40. The van der Waals surface area contributed by atoms with Gasteiger partial charge in [-0.15, -0.1) is 0 Å². The third kappa shape index (κ3) is 3.96. The Morgan fingerprint density at radius 2 is 2.00 bits per heavy atom. The molecule has 0 heterocycles. The molecule has 0 aromatic heterocycles. The van der Waals surface area contributed by atoms with Crippen molar-refractivity contribution in [1.82, 2.24) is 5.32 Å². The summed E-state index contributed by atoms with van der Waals surface area (Å²) in [5, 5.41) is 3.79. The predicted octanol–water partition coefficient (Wildman–Crippen LogP) is 4.38. The minimum absolute atomic E-state index is 0.0122. The van der Waals surface area contributed by atoms with E-state index in [-0.39, 0.29) is 11.9 Å². The average molecular weight is 308 g/mol. The summed E-state index contributed by atoms with van der Waals surface area (Å²) in [5.41, 5.74) is 1.66. The zero-order valence-electron chi connectivity index (χ0n) is 12.2. The van der Waals surface area contributed by atoms with Crippen molar-refractivity contribution < 1.29 is 9.13 Å². The first-order valence-electron chi connectivity index (χ1n) is 6.96. The van der Waals surface area contributed by atoms with Crippen LogP contribution in [-0.2, 0) is 6.42 Å². The molecular weight excluding hydrogens is 289 g/mol. The van der Waals surface area contributed by atoms with Crippen molar-refractivity contribution in [1.29, 1.82) is 0 Å². The van der Waals surface area contributed by atoms with Crippen molar-refractivity contribution in [3.8, 4) is 5.75 Å². The number of halogens is 2. The maximum atomic E-state index is 14.0. The number of hydrogen-bond donors (Lipinski definition) is 1. The molecule has 0 aliphatic heterocycles. The van der Waals surface area contributed by atoms with Crippen LogP contribution in [0, 0.1) is 5.82 Å². The highest BCUT2D eigenvalue weighted by atomic mass is 35.5. The Morgan fingerprint density at radius 1 is 1.24 bits per heavy atom. The lowest BCUT2D eigenvalue weighted by molar-refractivity contribution is 0.398. The number of hydrogen-bond acceptors (Lipinski definition) is 2. The van der Waals surface area contributed by atoms with Gasteiger partial charge >= 0.3 is 0 Å². The third-order valence-corrected chi connectivity index (χ3v) is 3.64. The van der Waals surface area contributed by atoms with Crippen LogP contribution in [-0.4, -0.2) is 13.7 Å². The van der Waals surface area contributed by atoms with Crippen LogP contribution < -0.4 is 10.1 Å². The van der Waals surface area contributed by atoms with E-state index in [1.807, 2.05) is 31.2 Å². The van der Waals surface area contributed by atoms with E-state index in [9.17, 15) is 4.39 Å². The van der Waals surface area contributed by atoms with E-state index in [1.165, 1.54) is 6.07 Å². The highest BCUT2D eigenvalue weighted by Crippen LogP contribution is 2.28. The van der Waals surface area contributed by atoms with Crippen LogP contribution >= 0.6 is 11.6 Å². The normalized spacial score (nSPS) is 12.2. The number of nitrogens with one attached hydrogen (secondary N) is 1. The lowest BCUT2D eigenvalue weighted by Gasteiger charge is -2.21. The molecule has 2 rings (SSSR count). The standard InChI is InChI=1S/C17H19ClFNO/c1-3-20-16(14-6-4-5-7-17(14)21-2)10-12-8-9-13(18)11-15(12)19/h4-9,11,16,20H,3,10H2,1-2H3. The molecule has 0 saturated heterocycles. The number of methoxy groups -OCH3 is 1. The first-order chi connectivity index (χ1) is 10.2. The summed E-state index contributed by atoms with van der Waals surface area (Å²) in [5.74, 6) is 0.526. The molecule has 0 bridgehead atoms. The maximum absolute atomic E-state index is 14.0. The van der Waals surface area contributed by atoms with E-state index in [0.29, 0.717) is 17.0 Å². The fraction of sp³-hybridized carbons (Fsp3) is 0.294. The summed E-state index contributed by atoms with van der Waals surface area (Å²) in [7, 11) is 1.64. The van der Waals surface area contributed by atoms with Gasteiger partial charge in [-0.2, -0.15) is 0 Å². The van der Waals surface area contributed by atoms with Crippen LogP contribution in [0.2, 0.25) is 5.02 Å². The Morgan fingerprint density at radius 3 is 2.67 bits per heavy atom. The molecule has 2 aromatic carbocycles. The minimum atomic E-state index is -0.277. The second-order valence-electron chi connectivity index (χ2n) is 4.79. The Balaban J connectivity index is 2.30. The third-order valence-electron chi connectivity index (χ3n) is 3.40. The molecule has 0 radical (unpaired) electrons. The van der Waals surface area contributed by atoms with Gasteiger partial charge in [-0.25, -0.2) is 4.39 Å². The Hall–Kier alpha value is -1.58. The molecule has 0 amide bonds. The Bertz CT molecular complexity index is 603. The molecule has 1 atom stereocenters. The van der Waals surface area contributed by atoms with Crippen LogP contribution in [0.5, 0.6) is 5.75 Å². The van der Waals surface area contributed by atoms with Gasteiger partial charge < -0.3 is 10.1 Å². The molecule has 0 aliphatic carbocycles. The van der Waals surface area contributed by atoms with E-state index in [1.54, 1.807) is 19.2 Å². The summed E-state index contributed by atoms with van der Waals surface area (Å²) in [6.07, 6.45) is 0.539. The second-order valence-corrected chi connectivity index (χ2v) is 5.23. The van der Waals surface area contributed by atoms with Crippen LogP contribution in [0.15, 0.2) is 42.5 Å². The van der Waals surface area contributed by atoms with E-state index in [2.05, 4.69) is 5.32 Å². The summed E-state index contributed by atoms with van der Waals surface area (Å²) in [6.45, 7) is 2.82. The number of rotatable bonds is 6. The van der Waals surface area contributed by atoms with Gasteiger partial charge in [0.05, 0.1) is 7.11 Å². The van der Waals surface area contributed by atoms with Crippen molar-refractivity contribution in [2.75, 3.05) is 13.7 Å². The van der Waals surface area contributed by atoms with Gasteiger partial charge in [0, 0.05) is 16.6 Å². The monoisotopic (exact) mass is 307 g/mol. The highest BCUT2D eigenvalue weighted by Gasteiger charge is 2.17. The molecule has 21 heavy (non-hydrogen) atoms. The van der Waals surface area contributed by atoms with E-state index in [0.717, 1.165) is 17.9 Å². The average Bonchev–Trinajstić information content (AvgIpc) is 2.49. The molecule has 1 unspecified atom stereocenters. The van der Waals surface area contributed by atoms with Gasteiger partial charge in [0.1, 0.15) is 11.6 Å². The largest absolute Gasteiger partial charge is 0.496 e. The Kier molecular flexibility index (Phi) is 5.59. The van der Waals surface area contributed by atoms with Crippen LogP contribution in [0.4, 0.5) is 4.39 Å². The first kappa shape index (κ1) is 15.8. The van der Waals surface area contributed by atoms with Crippen LogP contribution in [0.3, 0.4) is 0 Å². The molecule has 112 valence electrons. The fourth-order valence-corrected chi connectivity index (χ4v) is 2.56. The van der Waals surface area contributed by atoms with Crippen molar-refractivity contribution >= 4 is 11.6 Å². The van der Waals surface area contributed by atoms with Gasteiger partial charge in [-0.3, -0.25) is 0 Å².